The molecule has 0 aromatic heterocycles. The van der Waals surface area contributed by atoms with Gasteiger partial charge < -0.3 is 0 Å². The molecule has 0 amide bonds. The molecule has 0 bridgehead atoms. The van der Waals surface area contributed by atoms with Crippen LogP contribution in [-0.2, 0) is 0 Å². The molecule has 0 atom stereocenters. The van der Waals surface area contributed by atoms with Crippen molar-refractivity contribution in [3.63, 3.8) is 0 Å². The van der Waals surface area contributed by atoms with Gasteiger partial charge in [-0.15, -0.1) is 0 Å². The third-order valence-corrected chi connectivity index (χ3v) is 0. The Morgan fingerprint density at radius 3 is 0.294 bits per heavy atom. The Morgan fingerprint density at radius 2 is 0.294 bits per heavy atom. The number of rotatable bonds is 0. The maximum Gasteiger partial charge on any atom is 0 e. The zero-order valence-corrected chi connectivity index (χ0v) is 18.7. The molecule has 0 heterocycles. The Bertz CT molecular complexity index is 53.0. The van der Waals surface area contributed by atoms with Crippen molar-refractivity contribution in [1.29, 1.82) is 0 Å². The van der Waals surface area contributed by atoms with Gasteiger partial charge >= 0.3 is 59.6 Å². The van der Waals surface area contributed by atoms with Crippen LogP contribution in [0.5, 0.6) is 0 Å². The molecule has 0 unspecified atom stereocenters. The van der Waals surface area contributed by atoms with Crippen LogP contribution < -0.4 is 0 Å². The van der Waals surface area contributed by atoms with E-state index in [-0.39, 0.29) is 415 Å². The van der Waals surface area contributed by atoms with Crippen molar-refractivity contribution in [2.24, 2.45) is 0 Å². The minimum atomic E-state index is -3.69. The molecule has 0 N–H and O–H groups in total. The fourth-order valence-corrected chi connectivity index (χ4v) is 0. The fourth-order valence-electron chi connectivity index (χ4n) is 0. The van der Waals surface area contributed by atoms with Gasteiger partial charge in [0.2, 0.25) is 0 Å². The van der Waals surface area contributed by atoms with E-state index in [4.69, 9.17) is 56.2 Å². The standard InChI is InChI=1S/11Ar.Cl5P/c;;;;;;;;;;;1-6(2,3,4)5. The van der Waals surface area contributed by atoms with E-state index in [1.54, 1.807) is 0 Å². The van der Waals surface area contributed by atoms with Crippen LogP contribution in [0.3, 0.4) is 0 Å². The van der Waals surface area contributed by atoms with Crippen LogP contribution in [0.4, 0.5) is 0 Å². The van der Waals surface area contributed by atoms with Crippen LogP contribution in [0.25, 0.3) is 0 Å². The average molecular weight is 648 g/mol. The molecule has 0 nitrogen and oxygen atoms in total. The molecule has 0 fully saturated rings. The van der Waals surface area contributed by atoms with Crippen molar-refractivity contribution >= 4 is 59.6 Å². The molecule has 17 heteroatoms. The SMILES string of the molecule is ClP(Cl)(Cl)(Cl)Cl.[Ar].[Ar].[Ar].[Ar].[Ar].[Ar].[Ar].[Ar].[Ar].[Ar].[Ar]. The second-order valence-electron chi connectivity index (χ2n) is 0.639. The number of halogens is 5. The summed E-state index contributed by atoms with van der Waals surface area (Å²) in [5, 5.41) is 0. The van der Waals surface area contributed by atoms with Gasteiger partial charge in [-0.1, -0.05) is 0 Å². The molecule has 0 aromatic carbocycles. The molecular formula is Ar11Cl5P. The molecule has 128 valence electrons. The van der Waals surface area contributed by atoms with Crippen molar-refractivity contribution in [2.45, 2.75) is 0 Å². The van der Waals surface area contributed by atoms with Gasteiger partial charge in [0.25, 0.3) is 0 Å². The first-order valence-electron chi connectivity index (χ1n) is 0.845. The van der Waals surface area contributed by atoms with Crippen molar-refractivity contribution in [2.75, 3.05) is 0 Å². The molecule has 0 radical (unpaired) electrons. The van der Waals surface area contributed by atoms with Crippen LogP contribution in [-0.4, -0.2) is 0 Å². The van der Waals surface area contributed by atoms with E-state index < -0.39 is 3.37 Å². The van der Waals surface area contributed by atoms with Gasteiger partial charge in [-0.05, 0) is 0 Å². The predicted molar refractivity (Wildman–Crippen MR) is 36.2 cm³/mol. The smallest absolute Gasteiger partial charge is 0 e. The van der Waals surface area contributed by atoms with E-state index in [0.29, 0.717) is 0 Å². The van der Waals surface area contributed by atoms with Crippen molar-refractivity contribution in [3.05, 3.63) is 0 Å². The summed E-state index contributed by atoms with van der Waals surface area (Å²) < 4.78 is -3.69. The van der Waals surface area contributed by atoms with E-state index in [2.05, 4.69) is 0 Å². The van der Waals surface area contributed by atoms with Gasteiger partial charge in [-0.25, -0.2) is 0 Å². The number of hydrogen-bond acceptors (Lipinski definition) is 0. The minimum Gasteiger partial charge on any atom is 0 e. The van der Waals surface area contributed by atoms with Gasteiger partial charge in [0.15, 0.2) is 0 Å². The van der Waals surface area contributed by atoms with Crippen molar-refractivity contribution < 1.29 is 415 Å². The predicted octanol–water partition coefficient (Wildman–Crippen LogP) is 4.31. The summed E-state index contributed by atoms with van der Waals surface area (Å²) in [6.45, 7) is 0. The van der Waals surface area contributed by atoms with Crippen LogP contribution in [0.1, 0.15) is 0 Å². The Morgan fingerprint density at radius 1 is 0.294 bits per heavy atom. The summed E-state index contributed by atoms with van der Waals surface area (Å²) in [5.41, 5.74) is 0. The topological polar surface area (TPSA) is 0 Å². The molecule has 0 rings (SSSR count). The Balaban J connectivity index is -0.00000000227. The molecule has 0 spiro atoms. The van der Waals surface area contributed by atoms with Gasteiger partial charge in [0, 0.05) is 415 Å². The Hall–Kier alpha value is 15.7. The molecule has 0 aliphatic rings. The average Bonchev–Trinajstić information content (AvgIpc) is 0.650. The van der Waals surface area contributed by atoms with Crippen LogP contribution in [0.15, 0.2) is 0 Å². The van der Waals surface area contributed by atoms with Crippen molar-refractivity contribution in [1.82, 2.24) is 0 Å². The van der Waals surface area contributed by atoms with Gasteiger partial charge in [-0.2, -0.15) is 0 Å². The third-order valence-electron chi connectivity index (χ3n) is 0. The third kappa shape index (κ3) is 113. The van der Waals surface area contributed by atoms with Crippen LogP contribution in [0, 0.1) is 415 Å². The van der Waals surface area contributed by atoms with Gasteiger partial charge in [0.05, 0.1) is 0 Å². The van der Waals surface area contributed by atoms with Gasteiger partial charge in [-0.3, -0.25) is 0 Å². The molecule has 0 aliphatic carbocycles. The minimum absolute atomic E-state index is 0. The van der Waals surface area contributed by atoms with Gasteiger partial charge in [0.1, 0.15) is 0 Å². The zero-order valence-electron chi connectivity index (χ0n) is 6.23. The summed E-state index contributed by atoms with van der Waals surface area (Å²) in [7, 11) is 0. The van der Waals surface area contributed by atoms with E-state index in [0.717, 1.165) is 0 Å². The summed E-state index contributed by atoms with van der Waals surface area (Å²) in [6, 6.07) is 0. The first-order chi connectivity index (χ1) is 2.24. The van der Waals surface area contributed by atoms with E-state index >= 15 is 0 Å². The molecule has 17 heavy (non-hydrogen) atoms. The first kappa shape index (κ1) is 76.7. The Labute approximate surface area is 457 Å². The summed E-state index contributed by atoms with van der Waals surface area (Å²) in [6.07, 6.45) is 0. The maximum atomic E-state index is 4.98. The van der Waals surface area contributed by atoms with Crippen LogP contribution >= 0.6 is 59.6 Å². The molecular weight excluding hydrogens is 648 g/mol. The fraction of sp³-hybridized carbons (Fsp3) is 0. The molecule has 0 aliphatic heterocycles. The Kier molecular flexibility index (Phi) is 204. The largest absolute Gasteiger partial charge is 0 e. The molecule has 0 saturated carbocycles. The van der Waals surface area contributed by atoms with E-state index in [1.165, 1.54) is 0 Å². The normalized spacial score (nSPS) is 6.76. The second kappa shape index (κ2) is 45.3. The molecule has 0 saturated heterocycles. The molecule has 0 aromatic rings. The quantitative estimate of drug-likeness (QED) is 0.344. The first-order valence-corrected chi connectivity index (χ1v) is 7.61. The summed E-state index contributed by atoms with van der Waals surface area (Å²) in [5.74, 6) is 0. The monoisotopic (exact) mass is 645 g/mol. The van der Waals surface area contributed by atoms with E-state index in [9.17, 15) is 0 Å². The summed E-state index contributed by atoms with van der Waals surface area (Å²) in [4.78, 5) is 0. The zero-order chi connectivity index (χ0) is 5.45. The maximum absolute atomic E-state index is 4.98. The summed E-state index contributed by atoms with van der Waals surface area (Å²) >= 11 is 24.9. The number of hydrogen-bond donors (Lipinski definition) is 0. The second-order valence-corrected chi connectivity index (χ2v) is 17.2. The van der Waals surface area contributed by atoms with E-state index in [1.807, 2.05) is 0 Å². The van der Waals surface area contributed by atoms with Crippen LogP contribution in [0.2, 0.25) is 0 Å². The van der Waals surface area contributed by atoms with Crippen molar-refractivity contribution in [3.8, 4) is 0 Å².